The first-order chi connectivity index (χ1) is 16.0. The van der Waals surface area contributed by atoms with Crippen molar-refractivity contribution in [3.63, 3.8) is 0 Å². The van der Waals surface area contributed by atoms with Crippen LogP contribution in [0.25, 0.3) is 22.2 Å². The first-order valence-electron chi connectivity index (χ1n) is 10.7. The minimum absolute atomic E-state index is 0.380. The number of anilines is 1. The van der Waals surface area contributed by atoms with E-state index in [-0.39, 0.29) is 0 Å². The van der Waals surface area contributed by atoms with Gasteiger partial charge in [0.25, 0.3) is 0 Å². The minimum atomic E-state index is -1.04. The number of aromatic nitrogens is 3. The number of ether oxygens (including phenoxy) is 2. The van der Waals surface area contributed by atoms with E-state index in [2.05, 4.69) is 57.4 Å². The van der Waals surface area contributed by atoms with Crippen LogP contribution >= 0.6 is 0 Å². The molecule has 0 aliphatic heterocycles. The average molecular weight is 447 g/mol. The van der Waals surface area contributed by atoms with E-state index < -0.39 is 12.6 Å². The van der Waals surface area contributed by atoms with E-state index in [1.54, 1.807) is 12.1 Å². The summed E-state index contributed by atoms with van der Waals surface area (Å²) in [6.45, 7) is 2.59. The van der Waals surface area contributed by atoms with E-state index in [1.807, 2.05) is 19.1 Å². The van der Waals surface area contributed by atoms with Gasteiger partial charge in [-0.3, -0.25) is 0 Å². The first-order valence-corrected chi connectivity index (χ1v) is 10.7. The van der Waals surface area contributed by atoms with Crippen LogP contribution in [0, 0.1) is 0 Å². The van der Waals surface area contributed by atoms with Gasteiger partial charge in [-0.25, -0.2) is 14.8 Å². The Hall–Kier alpha value is -4.07. The van der Waals surface area contributed by atoms with Crippen LogP contribution < -0.4 is 14.8 Å². The summed E-state index contributed by atoms with van der Waals surface area (Å²) in [5, 5.41) is 13.5. The molecule has 2 aromatic carbocycles. The summed E-state index contributed by atoms with van der Waals surface area (Å²) in [6, 6.07) is 15.8. The summed E-state index contributed by atoms with van der Waals surface area (Å²) < 4.78 is 13.1. The monoisotopic (exact) mass is 446 g/mol. The van der Waals surface area contributed by atoms with E-state index >= 15 is 0 Å². The molecule has 0 radical (unpaired) electrons. The Morgan fingerprint density at radius 1 is 1.06 bits per heavy atom. The van der Waals surface area contributed by atoms with Crippen LogP contribution in [0.15, 0.2) is 61.1 Å². The van der Waals surface area contributed by atoms with Crippen LogP contribution in [0.3, 0.4) is 0 Å². The zero-order valence-electron chi connectivity index (χ0n) is 18.6. The number of fused-ring (bicyclic) bond motifs is 1. The quantitative estimate of drug-likeness (QED) is 0.378. The molecule has 33 heavy (non-hydrogen) atoms. The lowest BCUT2D eigenvalue weighted by Crippen LogP contribution is -2.10. The highest BCUT2D eigenvalue weighted by molar-refractivity contribution is 5.80. The van der Waals surface area contributed by atoms with Gasteiger partial charge in [0, 0.05) is 36.9 Å². The van der Waals surface area contributed by atoms with Crippen LogP contribution in [0.1, 0.15) is 12.5 Å². The number of hydrogen-bond donors (Lipinski definition) is 2. The fourth-order valence-electron chi connectivity index (χ4n) is 3.60. The van der Waals surface area contributed by atoms with Gasteiger partial charge in [-0.05, 0) is 54.6 Å². The van der Waals surface area contributed by atoms with Crippen molar-refractivity contribution < 1.29 is 19.4 Å². The Morgan fingerprint density at radius 2 is 1.94 bits per heavy atom. The third kappa shape index (κ3) is 5.41. The average Bonchev–Trinajstić information content (AvgIpc) is 3.19. The molecule has 0 atom stereocenters. The van der Waals surface area contributed by atoms with Gasteiger partial charge in [-0.1, -0.05) is 12.1 Å². The fourth-order valence-corrected chi connectivity index (χ4v) is 3.60. The molecule has 4 rings (SSSR count). The number of rotatable bonds is 10. The molecular formula is C25H26N4O4. The summed E-state index contributed by atoms with van der Waals surface area (Å²) >= 11 is 0. The maximum atomic E-state index is 10.8. The summed E-state index contributed by atoms with van der Waals surface area (Å²) in [6.07, 6.45) is 4.45. The van der Waals surface area contributed by atoms with Crippen molar-refractivity contribution in [3.8, 4) is 22.8 Å². The number of nitrogens with zero attached hydrogens (tertiary/aromatic N) is 3. The highest BCUT2D eigenvalue weighted by Crippen LogP contribution is 2.32. The second-order valence-corrected chi connectivity index (χ2v) is 7.56. The van der Waals surface area contributed by atoms with Crippen molar-refractivity contribution in [1.29, 1.82) is 0 Å². The van der Waals surface area contributed by atoms with E-state index in [4.69, 9.17) is 14.6 Å². The van der Waals surface area contributed by atoms with Crippen molar-refractivity contribution in [2.75, 3.05) is 25.1 Å². The van der Waals surface area contributed by atoms with Crippen LogP contribution in [-0.2, 0) is 18.3 Å². The standard InChI is InChI=1S/C25H26N4O4/c1-3-32-23-13-19(6-7-22(23)33-15-25(30)31)20-14-24(28-16-27-20)26-10-8-17-4-5-18-9-11-29(2)21(18)12-17/h4-7,9,11-14,16H,3,8,10,15H2,1-2H3,(H,30,31)(H,26,27,28). The molecule has 0 unspecified atom stereocenters. The first kappa shape index (κ1) is 22.1. The molecule has 8 nitrogen and oxygen atoms in total. The van der Waals surface area contributed by atoms with Crippen molar-refractivity contribution in [2.45, 2.75) is 13.3 Å². The van der Waals surface area contributed by atoms with E-state index in [9.17, 15) is 4.79 Å². The van der Waals surface area contributed by atoms with Gasteiger partial charge in [-0.2, -0.15) is 0 Å². The summed E-state index contributed by atoms with van der Waals surface area (Å²) in [5.74, 6) is 0.534. The number of carboxylic acids is 1. The van der Waals surface area contributed by atoms with Gasteiger partial charge in [0.1, 0.15) is 12.1 Å². The predicted molar refractivity (Wildman–Crippen MR) is 127 cm³/mol. The zero-order valence-corrected chi connectivity index (χ0v) is 18.6. The van der Waals surface area contributed by atoms with E-state index in [0.29, 0.717) is 18.1 Å². The topological polar surface area (TPSA) is 98.5 Å². The molecule has 0 fully saturated rings. The largest absolute Gasteiger partial charge is 0.490 e. The Morgan fingerprint density at radius 3 is 2.76 bits per heavy atom. The Balaban J connectivity index is 1.44. The highest BCUT2D eigenvalue weighted by atomic mass is 16.5. The van der Waals surface area contributed by atoms with Gasteiger partial charge in [0.15, 0.2) is 18.1 Å². The maximum Gasteiger partial charge on any atom is 0.341 e. The molecule has 0 amide bonds. The Bertz CT molecular complexity index is 1270. The second-order valence-electron chi connectivity index (χ2n) is 7.56. The SMILES string of the molecule is CCOc1cc(-c2cc(NCCc3ccc4ccn(C)c4c3)ncn2)ccc1OCC(=O)O. The third-order valence-corrected chi connectivity index (χ3v) is 5.23. The van der Waals surface area contributed by atoms with Crippen molar-refractivity contribution in [2.24, 2.45) is 7.05 Å². The summed E-state index contributed by atoms with van der Waals surface area (Å²) in [5.41, 5.74) is 4.02. The molecule has 0 aliphatic rings. The van der Waals surface area contributed by atoms with E-state index in [1.165, 1.54) is 22.8 Å². The van der Waals surface area contributed by atoms with Crippen molar-refractivity contribution >= 4 is 22.7 Å². The van der Waals surface area contributed by atoms with Crippen LogP contribution in [0.4, 0.5) is 5.82 Å². The molecule has 0 spiro atoms. The Kier molecular flexibility index (Phi) is 6.73. The number of nitrogens with one attached hydrogen (secondary N) is 1. The zero-order chi connectivity index (χ0) is 23.2. The minimum Gasteiger partial charge on any atom is -0.490 e. The maximum absolute atomic E-state index is 10.8. The normalized spacial score (nSPS) is 10.8. The second kappa shape index (κ2) is 10.0. The molecule has 0 saturated carbocycles. The number of aryl methyl sites for hydroxylation is 1. The summed E-state index contributed by atoms with van der Waals surface area (Å²) in [7, 11) is 2.05. The molecule has 2 heterocycles. The summed E-state index contributed by atoms with van der Waals surface area (Å²) in [4.78, 5) is 19.5. The molecule has 2 N–H and O–H groups in total. The van der Waals surface area contributed by atoms with Crippen molar-refractivity contribution in [1.82, 2.24) is 14.5 Å². The lowest BCUT2D eigenvalue weighted by Gasteiger charge is -2.13. The number of benzene rings is 2. The number of carboxylic acid groups (broad SMARTS) is 1. The van der Waals surface area contributed by atoms with Crippen LogP contribution in [-0.4, -0.2) is 45.4 Å². The van der Waals surface area contributed by atoms with Crippen LogP contribution in [0.2, 0.25) is 0 Å². The molecule has 8 heteroatoms. The fraction of sp³-hybridized carbons (Fsp3) is 0.240. The van der Waals surface area contributed by atoms with Crippen LogP contribution in [0.5, 0.6) is 11.5 Å². The predicted octanol–water partition coefficient (Wildman–Crippen LogP) is 4.15. The lowest BCUT2D eigenvalue weighted by atomic mass is 10.1. The van der Waals surface area contributed by atoms with Gasteiger partial charge >= 0.3 is 5.97 Å². The Labute approximate surface area is 191 Å². The molecule has 170 valence electrons. The number of carbonyl (C=O) groups is 1. The molecular weight excluding hydrogens is 420 g/mol. The molecule has 0 bridgehead atoms. The number of aliphatic carboxylic acids is 1. The third-order valence-electron chi connectivity index (χ3n) is 5.23. The molecule has 2 aromatic heterocycles. The molecule has 0 saturated heterocycles. The molecule has 0 aliphatic carbocycles. The van der Waals surface area contributed by atoms with Gasteiger partial charge in [-0.15, -0.1) is 0 Å². The van der Waals surface area contributed by atoms with Crippen molar-refractivity contribution in [3.05, 3.63) is 66.6 Å². The molecule has 4 aromatic rings. The van der Waals surface area contributed by atoms with E-state index in [0.717, 1.165) is 30.0 Å². The number of hydrogen-bond acceptors (Lipinski definition) is 6. The highest BCUT2D eigenvalue weighted by Gasteiger charge is 2.11. The lowest BCUT2D eigenvalue weighted by molar-refractivity contribution is -0.139. The smallest absolute Gasteiger partial charge is 0.341 e. The van der Waals surface area contributed by atoms with Gasteiger partial charge in [0.2, 0.25) is 0 Å². The van der Waals surface area contributed by atoms with Gasteiger partial charge in [0.05, 0.1) is 12.3 Å². The van der Waals surface area contributed by atoms with Gasteiger partial charge < -0.3 is 24.5 Å².